The van der Waals surface area contributed by atoms with Gasteiger partial charge in [-0.15, -0.1) is 11.3 Å². The van der Waals surface area contributed by atoms with Gasteiger partial charge in [-0.2, -0.15) is 0 Å². The molecule has 1 aromatic heterocycles. The molecule has 0 unspecified atom stereocenters. The molecule has 0 saturated carbocycles. The number of aryl methyl sites for hydroxylation is 1. The van der Waals surface area contributed by atoms with E-state index in [0.29, 0.717) is 26.1 Å². The van der Waals surface area contributed by atoms with Crippen LogP contribution < -0.4 is 0 Å². The first kappa shape index (κ1) is 44.7. The zero-order chi connectivity index (χ0) is 39.3. The molecule has 2 aliphatic heterocycles. The largest absolute Gasteiger partial charge is 0.457 e. The second-order valence-electron chi connectivity index (χ2n) is 18.8. The first-order valence-corrected chi connectivity index (χ1v) is 26.2. The molecule has 3 rings (SSSR count). The lowest BCUT2D eigenvalue weighted by Crippen LogP contribution is -2.55. The Balaban J connectivity index is 2.25. The zero-order valence-corrected chi connectivity index (χ0v) is 38.1. The number of thiazole rings is 1. The molecule has 0 aromatic carbocycles. The van der Waals surface area contributed by atoms with Gasteiger partial charge in [0.1, 0.15) is 11.9 Å². The molecule has 0 spiro atoms. The lowest BCUT2D eigenvalue weighted by atomic mass is 9.69. The molecule has 52 heavy (non-hydrogen) atoms. The summed E-state index contributed by atoms with van der Waals surface area (Å²) in [6, 6.07) is 0. The molecule has 3 heterocycles. The van der Waals surface area contributed by atoms with Gasteiger partial charge in [-0.05, 0) is 106 Å². The van der Waals surface area contributed by atoms with Gasteiger partial charge in [0.15, 0.2) is 16.6 Å². The van der Waals surface area contributed by atoms with Crippen molar-refractivity contribution < 1.29 is 27.9 Å². The summed E-state index contributed by atoms with van der Waals surface area (Å²) in [5, 5.41) is 2.87. The third-order valence-corrected chi connectivity index (χ3v) is 22.1. The van der Waals surface area contributed by atoms with Crippen LogP contribution in [0.25, 0.3) is 6.08 Å². The van der Waals surface area contributed by atoms with E-state index in [4.69, 9.17) is 18.3 Å². The Morgan fingerprint density at radius 3 is 2.25 bits per heavy atom. The van der Waals surface area contributed by atoms with Crippen molar-refractivity contribution in [3.63, 3.8) is 0 Å². The van der Waals surface area contributed by atoms with Gasteiger partial charge in [0.25, 0.3) is 0 Å². The van der Waals surface area contributed by atoms with Crippen LogP contribution in [-0.4, -0.2) is 64.9 Å². The maximum atomic E-state index is 15.4. The Labute approximate surface area is 322 Å². The minimum absolute atomic E-state index is 0.0120. The highest BCUT2D eigenvalue weighted by Gasteiger charge is 2.51. The highest BCUT2D eigenvalue weighted by molar-refractivity contribution is 7.09. The maximum absolute atomic E-state index is 15.4. The SMILES string of the molecule is C/C(=C\c1csc(C)n1)[C@@H]1C/C=C2\CCC[C@H](C)[C@H](O[Si](C)(C)C(C)(C)C)[C@@H](C)C(=O)[C@](C)(C/C=C\COC2)[C@@H](O[Si](C)(C)C(C)(C)C)CC(=O)O1. The Kier molecular flexibility index (Phi) is 15.3. The van der Waals surface area contributed by atoms with Crippen LogP contribution in [0, 0.1) is 24.2 Å². The number of nitrogens with zero attached hydrogens (tertiary/aromatic N) is 1. The van der Waals surface area contributed by atoms with E-state index in [-0.39, 0.29) is 40.3 Å². The summed E-state index contributed by atoms with van der Waals surface area (Å²) >= 11 is 1.60. The van der Waals surface area contributed by atoms with Crippen LogP contribution in [0.3, 0.4) is 0 Å². The predicted octanol–water partition coefficient (Wildman–Crippen LogP) is 11.3. The summed E-state index contributed by atoms with van der Waals surface area (Å²) < 4.78 is 27.1. The molecular weight excluding hydrogens is 703 g/mol. The second kappa shape index (κ2) is 17.8. The van der Waals surface area contributed by atoms with Gasteiger partial charge in [-0.25, -0.2) is 4.98 Å². The number of ether oxygens (including phenoxy) is 2. The van der Waals surface area contributed by atoms with Gasteiger partial charge in [0, 0.05) is 17.7 Å². The molecule has 10 heteroatoms. The van der Waals surface area contributed by atoms with E-state index in [1.807, 2.05) is 38.3 Å². The molecule has 1 aromatic rings. The standard InChI is InChI=1S/C42H71NO6SSi2/c1-29-19-18-20-33-21-22-35(30(2)25-34-28-50-32(4)43-34)47-37(44)26-36(48-51(12,13)40(5,6)7)42(11,23-16-17-24-46-27-33)39(45)31(3)38(29)49-52(14,15)41(8,9)10/h16-17,21,25,28-29,31,35-36,38H,18-20,22-24,26-27H2,1-15H3/b17-16-,30-25+,33-21+/t29-,31+,35-,36-,38-,42+/m0/s1. The van der Waals surface area contributed by atoms with Crippen LogP contribution in [0.2, 0.25) is 36.3 Å². The number of hydrogen-bond acceptors (Lipinski definition) is 8. The molecule has 0 radical (unpaired) electrons. The number of esters is 1. The number of ketones is 1. The molecule has 0 saturated heterocycles. The summed E-state index contributed by atoms with van der Waals surface area (Å²) in [7, 11) is -4.73. The molecule has 0 aliphatic carbocycles. The number of cyclic esters (lactones) is 1. The minimum atomic E-state index is -2.48. The van der Waals surface area contributed by atoms with Gasteiger partial charge in [-0.1, -0.05) is 73.6 Å². The average Bonchev–Trinajstić information content (AvgIpc) is 3.43. The van der Waals surface area contributed by atoms with Crippen molar-refractivity contribution in [2.45, 2.75) is 169 Å². The lowest BCUT2D eigenvalue weighted by Gasteiger charge is -2.47. The number of hydrogen-bond donors (Lipinski definition) is 0. The van der Waals surface area contributed by atoms with Crippen LogP contribution in [0.5, 0.6) is 0 Å². The molecule has 2 bridgehead atoms. The summed E-state index contributed by atoms with van der Waals surface area (Å²) in [6.07, 6.45) is 10.5. The predicted molar refractivity (Wildman–Crippen MR) is 222 cm³/mol. The van der Waals surface area contributed by atoms with Gasteiger partial charge < -0.3 is 18.3 Å². The first-order chi connectivity index (χ1) is 23.9. The lowest BCUT2D eigenvalue weighted by molar-refractivity contribution is -0.154. The highest BCUT2D eigenvalue weighted by Crippen LogP contribution is 2.46. The van der Waals surface area contributed by atoms with Gasteiger partial charge in [0.2, 0.25) is 0 Å². The molecular formula is C42H71NO6SSi2. The molecule has 0 N–H and O–H groups in total. The van der Waals surface area contributed by atoms with E-state index < -0.39 is 40.2 Å². The number of rotatable bonds is 6. The Morgan fingerprint density at radius 1 is 1.02 bits per heavy atom. The number of fused-ring (bicyclic) bond motifs is 6. The van der Waals surface area contributed by atoms with E-state index in [1.54, 1.807) is 11.3 Å². The van der Waals surface area contributed by atoms with Crippen LogP contribution in [0.1, 0.15) is 118 Å². The van der Waals surface area contributed by atoms with E-state index in [2.05, 4.69) is 98.7 Å². The molecule has 294 valence electrons. The third-order valence-electron chi connectivity index (χ3n) is 12.4. The smallest absolute Gasteiger partial charge is 0.309 e. The van der Waals surface area contributed by atoms with Gasteiger partial charge in [0.05, 0.1) is 48.0 Å². The van der Waals surface area contributed by atoms with E-state index >= 15 is 4.79 Å². The monoisotopic (exact) mass is 773 g/mol. The molecule has 6 atom stereocenters. The van der Waals surface area contributed by atoms with Gasteiger partial charge >= 0.3 is 5.97 Å². The van der Waals surface area contributed by atoms with Crippen molar-refractivity contribution in [2.24, 2.45) is 17.3 Å². The van der Waals surface area contributed by atoms with Gasteiger partial charge in [-0.3, -0.25) is 9.59 Å². The number of allylic oxidation sites excluding steroid dienone is 1. The summed E-state index contributed by atoms with van der Waals surface area (Å²) in [6.45, 7) is 33.6. The van der Waals surface area contributed by atoms with E-state index in [0.717, 1.165) is 35.5 Å². The number of aromatic nitrogens is 1. The normalized spacial score (nSPS) is 30.4. The molecule has 0 amide bonds. The summed E-state index contributed by atoms with van der Waals surface area (Å²) in [4.78, 5) is 34.3. The van der Waals surface area contributed by atoms with Crippen LogP contribution in [-0.2, 0) is 27.9 Å². The molecule has 7 nitrogen and oxygen atoms in total. The van der Waals surface area contributed by atoms with Crippen molar-refractivity contribution in [3.05, 3.63) is 45.5 Å². The van der Waals surface area contributed by atoms with Crippen molar-refractivity contribution in [3.8, 4) is 0 Å². The quantitative estimate of drug-likeness (QED) is 0.162. The fourth-order valence-electron chi connectivity index (χ4n) is 6.65. The van der Waals surface area contributed by atoms with Crippen LogP contribution in [0.4, 0.5) is 0 Å². The number of Topliss-reactive ketones (excluding diaryl/α,β-unsaturated/α-hetero) is 1. The van der Waals surface area contributed by atoms with Crippen molar-refractivity contribution in [2.75, 3.05) is 13.2 Å². The topological polar surface area (TPSA) is 84.0 Å². The maximum Gasteiger partial charge on any atom is 0.309 e. The van der Waals surface area contributed by atoms with Crippen molar-refractivity contribution in [1.82, 2.24) is 4.98 Å². The summed E-state index contributed by atoms with van der Waals surface area (Å²) in [5.74, 6) is -0.536. The third kappa shape index (κ3) is 11.7. The Morgan fingerprint density at radius 2 is 1.65 bits per heavy atom. The fraction of sp³-hybridized carbons (Fsp3) is 0.738. The van der Waals surface area contributed by atoms with Crippen molar-refractivity contribution >= 4 is 45.8 Å². The summed E-state index contributed by atoms with van der Waals surface area (Å²) in [5.41, 5.74) is 1.96. The first-order valence-electron chi connectivity index (χ1n) is 19.5. The molecule has 0 fully saturated rings. The van der Waals surface area contributed by atoms with Crippen LogP contribution >= 0.6 is 11.3 Å². The minimum Gasteiger partial charge on any atom is -0.457 e. The van der Waals surface area contributed by atoms with Crippen LogP contribution in [0.15, 0.2) is 34.8 Å². The number of carbonyl (C=O) groups excluding carboxylic acids is 2. The second-order valence-corrected chi connectivity index (χ2v) is 29.4. The van der Waals surface area contributed by atoms with E-state index in [1.165, 1.54) is 5.57 Å². The van der Waals surface area contributed by atoms with Crippen molar-refractivity contribution in [1.29, 1.82) is 0 Å². The Bertz CT molecular complexity index is 1460. The zero-order valence-electron chi connectivity index (χ0n) is 35.2. The van der Waals surface area contributed by atoms with E-state index in [9.17, 15) is 4.79 Å². The fourth-order valence-corrected chi connectivity index (χ4v) is 10.1. The Hall–Kier alpha value is -1.70. The number of carbonyl (C=O) groups is 2. The average molecular weight is 774 g/mol. The highest BCUT2D eigenvalue weighted by atomic mass is 32.1. The molecule has 2 aliphatic rings.